The quantitative estimate of drug-likeness (QED) is 0.606. The first-order valence-electron chi connectivity index (χ1n) is 4.11. The zero-order chi connectivity index (χ0) is 9.19. The van der Waals surface area contributed by atoms with E-state index in [4.69, 9.17) is 5.11 Å². The lowest BCUT2D eigenvalue weighted by Gasteiger charge is -2.12. The molecule has 1 N–H and O–H groups in total. The van der Waals surface area contributed by atoms with Crippen LogP contribution in [-0.2, 0) is 4.79 Å². The van der Waals surface area contributed by atoms with Crippen LogP contribution in [0.2, 0.25) is 0 Å². The first kappa shape index (κ1) is 9.04. The molecule has 0 aromatic carbocycles. The number of carboxylic acid groups (broad SMARTS) is 1. The Labute approximate surface area is 72.6 Å². The highest BCUT2D eigenvalue weighted by molar-refractivity contribution is 5.72. The van der Waals surface area contributed by atoms with Crippen LogP contribution in [0.5, 0.6) is 0 Å². The van der Waals surface area contributed by atoms with Crippen molar-refractivity contribution >= 4 is 5.97 Å². The van der Waals surface area contributed by atoms with Crippen molar-refractivity contribution in [2.45, 2.75) is 20.3 Å². The fourth-order valence-corrected chi connectivity index (χ4v) is 1.20. The molecule has 2 nitrogen and oxygen atoms in total. The molecule has 1 rings (SSSR count). The molecule has 0 aliphatic heterocycles. The van der Waals surface area contributed by atoms with E-state index in [1.807, 2.05) is 18.2 Å². The molecule has 0 amide bonds. The second-order valence-corrected chi connectivity index (χ2v) is 3.76. The molecule has 66 valence electrons. The molecule has 0 spiro atoms. The van der Waals surface area contributed by atoms with Gasteiger partial charge in [-0.2, -0.15) is 0 Å². The van der Waals surface area contributed by atoms with Crippen molar-refractivity contribution in [1.29, 1.82) is 0 Å². The molecule has 2 heteroatoms. The molecule has 0 aromatic rings. The van der Waals surface area contributed by atoms with Gasteiger partial charge in [-0.15, -0.1) is 0 Å². The maximum absolute atomic E-state index is 10.6. The van der Waals surface area contributed by atoms with Crippen molar-refractivity contribution in [3.8, 4) is 0 Å². The van der Waals surface area contributed by atoms with E-state index in [1.54, 1.807) is 6.08 Å². The van der Waals surface area contributed by atoms with Gasteiger partial charge >= 0.3 is 5.97 Å². The van der Waals surface area contributed by atoms with Gasteiger partial charge in [0.25, 0.3) is 0 Å². The highest BCUT2D eigenvalue weighted by Gasteiger charge is 2.18. The Morgan fingerprint density at radius 2 is 2.17 bits per heavy atom. The lowest BCUT2D eigenvalue weighted by atomic mass is 9.93. The number of hydrogen-bond donors (Lipinski definition) is 1. The van der Waals surface area contributed by atoms with E-state index in [0.29, 0.717) is 6.42 Å². The van der Waals surface area contributed by atoms with E-state index in [2.05, 4.69) is 13.8 Å². The summed E-state index contributed by atoms with van der Waals surface area (Å²) in [5.41, 5.74) is 0.00417. The molecule has 0 fully saturated rings. The van der Waals surface area contributed by atoms with Crippen molar-refractivity contribution < 1.29 is 9.90 Å². The minimum atomic E-state index is -0.742. The molecular formula is C10H14O2. The summed E-state index contributed by atoms with van der Waals surface area (Å²) in [6.45, 7) is 4.12. The van der Waals surface area contributed by atoms with Gasteiger partial charge in [-0.25, -0.2) is 0 Å². The monoisotopic (exact) mass is 166 g/mol. The molecule has 0 radical (unpaired) electrons. The van der Waals surface area contributed by atoms with Crippen molar-refractivity contribution in [2.24, 2.45) is 11.3 Å². The Bertz CT molecular complexity index is 236. The van der Waals surface area contributed by atoms with E-state index < -0.39 is 5.97 Å². The average molecular weight is 166 g/mol. The molecular weight excluding hydrogens is 152 g/mol. The van der Waals surface area contributed by atoms with Crippen LogP contribution in [0.15, 0.2) is 24.3 Å². The Morgan fingerprint density at radius 3 is 2.75 bits per heavy atom. The summed E-state index contributed by atoms with van der Waals surface area (Å²) in [6.07, 6.45) is 8.33. The third kappa shape index (κ3) is 2.22. The van der Waals surface area contributed by atoms with Crippen LogP contribution >= 0.6 is 0 Å². The third-order valence-electron chi connectivity index (χ3n) is 2.01. The predicted molar refractivity (Wildman–Crippen MR) is 47.8 cm³/mol. The van der Waals surface area contributed by atoms with Crippen LogP contribution in [0.3, 0.4) is 0 Å². The molecule has 0 aromatic heterocycles. The predicted octanol–water partition coefficient (Wildman–Crippen LogP) is 2.23. The van der Waals surface area contributed by atoms with E-state index >= 15 is 0 Å². The maximum atomic E-state index is 10.6. The first-order valence-corrected chi connectivity index (χ1v) is 4.11. The standard InChI is InChI=1S/C10H14O2/c1-10(2)6-3-4-8(5-7-10)9(11)12/h3,5-8H,4H2,1-2H3,(H,11,12). The van der Waals surface area contributed by atoms with Crippen molar-refractivity contribution in [3.05, 3.63) is 24.3 Å². The number of hydrogen-bond acceptors (Lipinski definition) is 1. The summed E-state index contributed by atoms with van der Waals surface area (Å²) < 4.78 is 0. The van der Waals surface area contributed by atoms with Gasteiger partial charge < -0.3 is 5.11 Å². The van der Waals surface area contributed by atoms with Crippen molar-refractivity contribution in [3.63, 3.8) is 0 Å². The van der Waals surface area contributed by atoms with Crippen LogP contribution in [-0.4, -0.2) is 11.1 Å². The minimum Gasteiger partial charge on any atom is -0.481 e. The highest BCUT2D eigenvalue weighted by atomic mass is 16.4. The van der Waals surface area contributed by atoms with E-state index in [-0.39, 0.29) is 11.3 Å². The molecule has 1 aliphatic carbocycles. The molecule has 0 bridgehead atoms. The van der Waals surface area contributed by atoms with Gasteiger partial charge in [0.2, 0.25) is 0 Å². The number of rotatable bonds is 1. The van der Waals surface area contributed by atoms with Gasteiger partial charge in [-0.05, 0) is 6.42 Å². The lowest BCUT2D eigenvalue weighted by molar-refractivity contribution is -0.139. The van der Waals surface area contributed by atoms with E-state index in [9.17, 15) is 4.79 Å². The number of carbonyl (C=O) groups is 1. The van der Waals surface area contributed by atoms with Gasteiger partial charge in [-0.1, -0.05) is 38.2 Å². The molecule has 12 heavy (non-hydrogen) atoms. The normalized spacial score (nSPS) is 26.7. The summed E-state index contributed by atoms with van der Waals surface area (Å²) in [6, 6.07) is 0. The van der Waals surface area contributed by atoms with Crippen molar-refractivity contribution in [1.82, 2.24) is 0 Å². The Hall–Kier alpha value is -1.05. The van der Waals surface area contributed by atoms with Gasteiger partial charge in [0.1, 0.15) is 0 Å². The van der Waals surface area contributed by atoms with Crippen LogP contribution in [0.4, 0.5) is 0 Å². The average Bonchev–Trinajstić information content (AvgIpc) is 2.10. The van der Waals surface area contributed by atoms with Gasteiger partial charge in [0, 0.05) is 5.41 Å². The second-order valence-electron chi connectivity index (χ2n) is 3.76. The van der Waals surface area contributed by atoms with Crippen LogP contribution in [0, 0.1) is 11.3 Å². The van der Waals surface area contributed by atoms with Crippen molar-refractivity contribution in [2.75, 3.05) is 0 Å². The Kier molecular flexibility index (Phi) is 2.36. The number of allylic oxidation sites excluding steroid dienone is 3. The molecule has 1 atom stereocenters. The zero-order valence-electron chi connectivity index (χ0n) is 7.45. The topological polar surface area (TPSA) is 37.3 Å². The van der Waals surface area contributed by atoms with E-state index in [0.717, 1.165) is 0 Å². The first-order chi connectivity index (χ1) is 5.51. The Balaban J connectivity index is 2.79. The number of carboxylic acids is 1. The summed E-state index contributed by atoms with van der Waals surface area (Å²) >= 11 is 0. The summed E-state index contributed by atoms with van der Waals surface area (Å²) in [5, 5.41) is 8.75. The van der Waals surface area contributed by atoms with Crippen LogP contribution in [0.1, 0.15) is 20.3 Å². The van der Waals surface area contributed by atoms with Crippen LogP contribution in [0.25, 0.3) is 0 Å². The molecule has 1 aliphatic rings. The summed E-state index contributed by atoms with van der Waals surface area (Å²) in [7, 11) is 0. The fourth-order valence-electron chi connectivity index (χ4n) is 1.20. The largest absolute Gasteiger partial charge is 0.481 e. The van der Waals surface area contributed by atoms with Gasteiger partial charge in [-0.3, -0.25) is 4.79 Å². The summed E-state index contributed by atoms with van der Waals surface area (Å²) in [5.74, 6) is -1.09. The van der Waals surface area contributed by atoms with Crippen LogP contribution < -0.4 is 0 Å². The number of aliphatic carboxylic acids is 1. The third-order valence-corrected chi connectivity index (χ3v) is 2.01. The molecule has 0 saturated heterocycles. The SMILES string of the molecule is CC1(C)C=CCC(C(=O)O)C=C1. The van der Waals surface area contributed by atoms with Gasteiger partial charge in [0.05, 0.1) is 5.92 Å². The maximum Gasteiger partial charge on any atom is 0.310 e. The summed E-state index contributed by atoms with van der Waals surface area (Å²) in [4.78, 5) is 10.6. The fraction of sp³-hybridized carbons (Fsp3) is 0.500. The Morgan fingerprint density at radius 1 is 1.50 bits per heavy atom. The molecule has 0 saturated carbocycles. The van der Waals surface area contributed by atoms with Gasteiger partial charge in [0.15, 0.2) is 0 Å². The molecule has 0 heterocycles. The smallest absolute Gasteiger partial charge is 0.310 e. The van der Waals surface area contributed by atoms with E-state index in [1.165, 1.54) is 0 Å². The lowest BCUT2D eigenvalue weighted by Crippen LogP contribution is -2.09. The highest BCUT2D eigenvalue weighted by Crippen LogP contribution is 2.24. The second kappa shape index (κ2) is 3.13. The molecule has 1 unspecified atom stereocenters. The zero-order valence-corrected chi connectivity index (χ0v) is 7.45. The minimum absolute atomic E-state index is 0.00417.